The fraction of sp³-hybridized carbons (Fsp3) is 0.562. The van der Waals surface area contributed by atoms with Crippen molar-refractivity contribution in [3.8, 4) is 6.07 Å². The van der Waals surface area contributed by atoms with Crippen LogP contribution in [0, 0.1) is 17.2 Å². The van der Waals surface area contributed by atoms with Gasteiger partial charge in [0.25, 0.3) is 0 Å². The predicted octanol–water partition coefficient (Wildman–Crippen LogP) is 2.48. The molecule has 3 unspecified atom stereocenters. The predicted molar refractivity (Wildman–Crippen MR) is 77.4 cm³/mol. The Balaban J connectivity index is 2.17. The summed E-state index contributed by atoms with van der Waals surface area (Å²) in [4.78, 5) is 2.37. The van der Waals surface area contributed by atoms with Crippen LogP contribution in [0.4, 0.5) is 0 Å². The first kappa shape index (κ1) is 14.0. The monoisotopic (exact) mass is 257 g/mol. The molecule has 19 heavy (non-hydrogen) atoms. The lowest BCUT2D eigenvalue weighted by Crippen LogP contribution is -2.52. The van der Waals surface area contributed by atoms with Gasteiger partial charge in [-0.25, -0.2) is 0 Å². The molecule has 1 aliphatic heterocycles. The fourth-order valence-electron chi connectivity index (χ4n) is 2.85. The SMILES string of the molecule is CC1CCC(C)N(CC(N)(C#N)c2ccccc2)C1. The quantitative estimate of drug-likeness (QED) is 0.905. The van der Waals surface area contributed by atoms with E-state index in [0.29, 0.717) is 18.5 Å². The lowest BCUT2D eigenvalue weighted by atomic mass is 9.88. The minimum atomic E-state index is -0.910. The van der Waals surface area contributed by atoms with Gasteiger partial charge < -0.3 is 5.73 Å². The number of rotatable bonds is 3. The molecule has 1 aromatic rings. The molecule has 1 saturated heterocycles. The van der Waals surface area contributed by atoms with Crippen molar-refractivity contribution in [2.24, 2.45) is 11.7 Å². The highest BCUT2D eigenvalue weighted by Crippen LogP contribution is 2.26. The van der Waals surface area contributed by atoms with E-state index in [1.165, 1.54) is 12.8 Å². The molecule has 1 fully saturated rings. The summed E-state index contributed by atoms with van der Waals surface area (Å²) in [6.45, 7) is 6.15. The minimum absolute atomic E-state index is 0.510. The van der Waals surface area contributed by atoms with Gasteiger partial charge in [0.2, 0.25) is 0 Å². The first-order valence-electron chi connectivity index (χ1n) is 7.05. The smallest absolute Gasteiger partial charge is 0.142 e. The summed E-state index contributed by atoms with van der Waals surface area (Å²) in [5.74, 6) is 0.690. The van der Waals surface area contributed by atoms with E-state index in [4.69, 9.17) is 5.73 Å². The number of hydrogen-bond donors (Lipinski definition) is 1. The molecule has 1 heterocycles. The Morgan fingerprint density at radius 2 is 2.00 bits per heavy atom. The molecule has 0 saturated carbocycles. The van der Waals surface area contributed by atoms with Gasteiger partial charge in [0.1, 0.15) is 5.54 Å². The van der Waals surface area contributed by atoms with E-state index in [1.807, 2.05) is 30.3 Å². The standard InChI is InChI=1S/C16H23N3/c1-13-8-9-14(2)19(10-13)12-16(18,11-17)15-6-4-3-5-7-15/h3-7,13-14H,8-10,12,18H2,1-2H3. The third-order valence-electron chi connectivity index (χ3n) is 4.19. The first-order valence-corrected chi connectivity index (χ1v) is 7.05. The maximum atomic E-state index is 9.52. The molecule has 2 N–H and O–H groups in total. The highest BCUT2D eigenvalue weighted by molar-refractivity contribution is 5.31. The van der Waals surface area contributed by atoms with Gasteiger partial charge in [-0.1, -0.05) is 37.3 Å². The van der Waals surface area contributed by atoms with Crippen LogP contribution in [0.1, 0.15) is 32.3 Å². The summed E-state index contributed by atoms with van der Waals surface area (Å²) in [5, 5.41) is 9.52. The van der Waals surface area contributed by atoms with Gasteiger partial charge in [-0.05, 0) is 31.2 Å². The maximum absolute atomic E-state index is 9.52. The highest BCUT2D eigenvalue weighted by Gasteiger charge is 2.33. The molecule has 2 rings (SSSR count). The zero-order valence-electron chi connectivity index (χ0n) is 11.8. The lowest BCUT2D eigenvalue weighted by Gasteiger charge is -2.40. The number of likely N-dealkylation sites (tertiary alicyclic amines) is 1. The average molecular weight is 257 g/mol. The number of nitrogens with zero attached hydrogens (tertiary/aromatic N) is 2. The molecule has 3 heteroatoms. The van der Waals surface area contributed by atoms with Crippen molar-refractivity contribution in [2.75, 3.05) is 13.1 Å². The van der Waals surface area contributed by atoms with Crippen LogP contribution in [0.3, 0.4) is 0 Å². The van der Waals surface area contributed by atoms with Crippen molar-refractivity contribution in [1.82, 2.24) is 4.90 Å². The highest BCUT2D eigenvalue weighted by atomic mass is 15.2. The van der Waals surface area contributed by atoms with Crippen LogP contribution in [0.15, 0.2) is 30.3 Å². The molecule has 3 nitrogen and oxygen atoms in total. The van der Waals surface area contributed by atoms with E-state index in [-0.39, 0.29) is 0 Å². The third kappa shape index (κ3) is 3.15. The lowest BCUT2D eigenvalue weighted by molar-refractivity contribution is 0.106. The Hall–Kier alpha value is -1.37. The molecule has 0 bridgehead atoms. The Labute approximate surface area is 116 Å². The fourth-order valence-corrected chi connectivity index (χ4v) is 2.85. The number of hydrogen-bond acceptors (Lipinski definition) is 3. The Bertz CT molecular complexity index is 451. The Morgan fingerprint density at radius 3 is 2.63 bits per heavy atom. The van der Waals surface area contributed by atoms with Crippen molar-refractivity contribution >= 4 is 0 Å². The van der Waals surface area contributed by atoms with Crippen LogP contribution < -0.4 is 5.73 Å². The maximum Gasteiger partial charge on any atom is 0.142 e. The van der Waals surface area contributed by atoms with Crippen LogP contribution in [-0.2, 0) is 5.54 Å². The number of nitrogens with two attached hydrogens (primary N) is 1. The van der Waals surface area contributed by atoms with Gasteiger partial charge in [-0.3, -0.25) is 4.90 Å². The molecule has 0 aliphatic carbocycles. The minimum Gasteiger partial charge on any atom is -0.309 e. The van der Waals surface area contributed by atoms with Crippen LogP contribution >= 0.6 is 0 Å². The molecule has 0 radical (unpaired) electrons. The van der Waals surface area contributed by atoms with E-state index < -0.39 is 5.54 Å². The zero-order chi connectivity index (χ0) is 13.9. The third-order valence-corrected chi connectivity index (χ3v) is 4.19. The van der Waals surface area contributed by atoms with Crippen molar-refractivity contribution in [3.63, 3.8) is 0 Å². The van der Waals surface area contributed by atoms with Crippen molar-refractivity contribution in [1.29, 1.82) is 5.26 Å². The van der Waals surface area contributed by atoms with Crippen LogP contribution in [0.2, 0.25) is 0 Å². The number of piperidine rings is 1. The summed E-state index contributed by atoms with van der Waals surface area (Å²) in [6, 6.07) is 12.5. The van der Waals surface area contributed by atoms with Gasteiger partial charge in [0.15, 0.2) is 0 Å². The molecule has 1 aliphatic rings. The van der Waals surface area contributed by atoms with Gasteiger partial charge in [-0.2, -0.15) is 5.26 Å². The van der Waals surface area contributed by atoms with Gasteiger partial charge in [0, 0.05) is 19.1 Å². The molecule has 0 aromatic heterocycles. The second-order valence-electron chi connectivity index (χ2n) is 5.91. The van der Waals surface area contributed by atoms with E-state index in [9.17, 15) is 5.26 Å². The zero-order valence-corrected chi connectivity index (χ0v) is 11.8. The van der Waals surface area contributed by atoms with Crippen LogP contribution in [0.5, 0.6) is 0 Å². The summed E-state index contributed by atoms with van der Waals surface area (Å²) < 4.78 is 0. The van der Waals surface area contributed by atoms with E-state index in [2.05, 4.69) is 24.8 Å². The number of benzene rings is 1. The molecule has 102 valence electrons. The van der Waals surface area contributed by atoms with Crippen molar-refractivity contribution in [2.45, 2.75) is 38.3 Å². The van der Waals surface area contributed by atoms with E-state index in [1.54, 1.807) is 0 Å². The second-order valence-corrected chi connectivity index (χ2v) is 5.91. The molecule has 0 amide bonds. The van der Waals surface area contributed by atoms with Crippen LogP contribution in [0.25, 0.3) is 0 Å². The van der Waals surface area contributed by atoms with E-state index >= 15 is 0 Å². The van der Waals surface area contributed by atoms with Crippen molar-refractivity contribution in [3.05, 3.63) is 35.9 Å². The summed E-state index contributed by atoms with van der Waals surface area (Å²) >= 11 is 0. The topological polar surface area (TPSA) is 53.0 Å². The largest absolute Gasteiger partial charge is 0.309 e. The molecule has 0 spiro atoms. The van der Waals surface area contributed by atoms with Crippen molar-refractivity contribution < 1.29 is 0 Å². The van der Waals surface area contributed by atoms with Gasteiger partial charge in [-0.15, -0.1) is 0 Å². The average Bonchev–Trinajstić information content (AvgIpc) is 2.44. The normalized spacial score (nSPS) is 27.5. The van der Waals surface area contributed by atoms with Crippen LogP contribution in [-0.4, -0.2) is 24.0 Å². The molecular weight excluding hydrogens is 234 g/mol. The molecular formula is C16H23N3. The summed E-state index contributed by atoms with van der Waals surface area (Å²) in [7, 11) is 0. The number of nitriles is 1. The van der Waals surface area contributed by atoms with Gasteiger partial charge in [0.05, 0.1) is 6.07 Å². The molecule has 3 atom stereocenters. The summed E-state index contributed by atoms with van der Waals surface area (Å²) in [6.07, 6.45) is 2.46. The Kier molecular flexibility index (Phi) is 4.24. The summed E-state index contributed by atoms with van der Waals surface area (Å²) in [5.41, 5.74) is 6.35. The molecule has 1 aromatic carbocycles. The van der Waals surface area contributed by atoms with E-state index in [0.717, 1.165) is 12.1 Å². The van der Waals surface area contributed by atoms with Gasteiger partial charge >= 0.3 is 0 Å². The second kappa shape index (κ2) is 5.73. The first-order chi connectivity index (χ1) is 9.05. The Morgan fingerprint density at radius 1 is 1.32 bits per heavy atom.